The van der Waals surface area contributed by atoms with E-state index in [1.54, 1.807) is 0 Å². The van der Waals surface area contributed by atoms with Gasteiger partial charge in [-0.3, -0.25) is 4.98 Å². The molecule has 0 aliphatic rings. The third-order valence-corrected chi connectivity index (χ3v) is 14.0. The average Bonchev–Trinajstić information content (AvgIpc) is 3.92. The molecule has 0 atom stereocenters. The fourth-order valence-corrected chi connectivity index (χ4v) is 10.9. The fourth-order valence-electron chi connectivity index (χ4n) is 10.9. The number of hydrogen-bond acceptors (Lipinski definition) is 4. The van der Waals surface area contributed by atoms with Gasteiger partial charge in [0.2, 0.25) is 0 Å². The quantitative estimate of drug-likeness (QED) is 0.152. The topological polar surface area (TPSA) is 61.4 Å². The summed E-state index contributed by atoms with van der Waals surface area (Å²) in [6, 6.07) is 74.0. The van der Waals surface area contributed by atoms with Gasteiger partial charge < -0.3 is 9.13 Å². The normalized spacial score (nSPS) is 11.6. The number of hydrogen-bond donors (Lipinski definition) is 0. The number of para-hydroxylation sites is 2. The van der Waals surface area contributed by atoms with E-state index in [1.807, 2.05) is 48.8 Å². The summed E-state index contributed by atoms with van der Waals surface area (Å²) in [4.78, 5) is 20.4. The SMILES string of the molecule is Cc1cc(C)cc(-c2ccc3c(c2)c2ccccc2n3-c2ccncc2-c2ccc(-c3nc(-c4ccccc4)nc(-c4ccccc4)n3)cc2-n2c3ccccc3c3cc(-c4cc(C)cc(C)c4)ccc32)c1. The fraction of sp³-hybridized carbons (Fsp3) is 0.0606. The lowest BCUT2D eigenvalue weighted by Gasteiger charge is -2.19. The average molecular weight is 925 g/mol. The molecule has 0 fully saturated rings. The first-order valence-electron chi connectivity index (χ1n) is 24.5. The Hall–Kier alpha value is -9.26. The van der Waals surface area contributed by atoms with E-state index < -0.39 is 0 Å². The molecule has 342 valence electrons. The molecule has 0 radical (unpaired) electrons. The summed E-state index contributed by atoms with van der Waals surface area (Å²) >= 11 is 0. The molecular formula is C66H48N6. The van der Waals surface area contributed by atoms with Crippen LogP contribution < -0.4 is 0 Å². The molecule has 13 aromatic rings. The van der Waals surface area contributed by atoms with Crippen LogP contribution in [-0.4, -0.2) is 29.1 Å². The van der Waals surface area contributed by atoms with Crippen molar-refractivity contribution in [2.75, 3.05) is 0 Å². The van der Waals surface area contributed by atoms with Gasteiger partial charge in [-0.25, -0.2) is 15.0 Å². The Balaban J connectivity index is 1.08. The Labute approximate surface area is 418 Å². The summed E-state index contributed by atoms with van der Waals surface area (Å²) in [6.45, 7) is 8.68. The van der Waals surface area contributed by atoms with E-state index in [9.17, 15) is 0 Å². The van der Waals surface area contributed by atoms with Crippen molar-refractivity contribution in [3.8, 4) is 78.9 Å². The molecule has 0 unspecified atom stereocenters. The molecule has 0 aliphatic heterocycles. The Morgan fingerprint density at radius 1 is 0.292 bits per heavy atom. The van der Waals surface area contributed by atoms with Crippen LogP contribution in [0.2, 0.25) is 0 Å². The second-order valence-electron chi connectivity index (χ2n) is 19.1. The smallest absolute Gasteiger partial charge is 0.164 e. The van der Waals surface area contributed by atoms with Gasteiger partial charge in [-0.05, 0) is 98.5 Å². The molecule has 4 aromatic heterocycles. The zero-order valence-electron chi connectivity index (χ0n) is 40.5. The van der Waals surface area contributed by atoms with E-state index in [0.29, 0.717) is 17.5 Å². The van der Waals surface area contributed by atoms with Crippen molar-refractivity contribution in [3.63, 3.8) is 0 Å². The lowest BCUT2D eigenvalue weighted by atomic mass is 9.98. The molecule has 4 heterocycles. The van der Waals surface area contributed by atoms with Gasteiger partial charge in [0.1, 0.15) is 0 Å². The molecule has 6 nitrogen and oxygen atoms in total. The summed E-state index contributed by atoms with van der Waals surface area (Å²) in [7, 11) is 0. The summed E-state index contributed by atoms with van der Waals surface area (Å²) in [5.74, 6) is 1.81. The minimum Gasteiger partial charge on any atom is -0.309 e. The Kier molecular flexibility index (Phi) is 10.3. The van der Waals surface area contributed by atoms with Crippen LogP contribution in [0.5, 0.6) is 0 Å². The second kappa shape index (κ2) is 17.3. The predicted octanol–water partition coefficient (Wildman–Crippen LogP) is 16.7. The van der Waals surface area contributed by atoms with Gasteiger partial charge in [0.15, 0.2) is 17.5 Å². The highest BCUT2D eigenvalue weighted by Crippen LogP contribution is 2.43. The monoisotopic (exact) mass is 924 g/mol. The molecule has 0 bridgehead atoms. The largest absolute Gasteiger partial charge is 0.309 e. The second-order valence-corrected chi connectivity index (χ2v) is 19.1. The first-order chi connectivity index (χ1) is 35.3. The summed E-state index contributed by atoms with van der Waals surface area (Å²) in [6.07, 6.45) is 3.93. The van der Waals surface area contributed by atoms with Crippen molar-refractivity contribution in [1.29, 1.82) is 0 Å². The maximum atomic E-state index is 5.23. The van der Waals surface area contributed by atoms with Gasteiger partial charge in [0.25, 0.3) is 0 Å². The minimum atomic E-state index is 0.585. The summed E-state index contributed by atoms with van der Waals surface area (Å²) in [5.41, 5.74) is 21.0. The Morgan fingerprint density at radius 3 is 1.24 bits per heavy atom. The van der Waals surface area contributed by atoms with Crippen LogP contribution in [0.3, 0.4) is 0 Å². The van der Waals surface area contributed by atoms with Crippen molar-refractivity contribution in [2.24, 2.45) is 0 Å². The molecule has 0 aliphatic carbocycles. The van der Waals surface area contributed by atoms with Crippen LogP contribution in [0.15, 0.2) is 219 Å². The van der Waals surface area contributed by atoms with Crippen LogP contribution in [-0.2, 0) is 0 Å². The summed E-state index contributed by atoms with van der Waals surface area (Å²) < 4.78 is 4.84. The van der Waals surface area contributed by atoms with Crippen molar-refractivity contribution in [2.45, 2.75) is 27.7 Å². The molecular weight excluding hydrogens is 877 g/mol. The maximum absolute atomic E-state index is 5.23. The zero-order chi connectivity index (χ0) is 48.5. The number of benzene rings is 9. The number of fused-ring (bicyclic) bond motifs is 6. The van der Waals surface area contributed by atoms with Gasteiger partial charge in [0.05, 0.1) is 33.4 Å². The molecule has 0 saturated carbocycles. The Morgan fingerprint density at radius 2 is 0.722 bits per heavy atom. The molecule has 13 rings (SSSR count). The molecule has 72 heavy (non-hydrogen) atoms. The number of aryl methyl sites for hydroxylation is 4. The number of nitrogens with zero attached hydrogens (tertiary/aromatic N) is 6. The van der Waals surface area contributed by atoms with Crippen molar-refractivity contribution in [1.82, 2.24) is 29.1 Å². The molecule has 0 N–H and O–H groups in total. The first-order valence-corrected chi connectivity index (χ1v) is 24.5. The van der Waals surface area contributed by atoms with E-state index >= 15 is 0 Å². The van der Waals surface area contributed by atoms with Crippen molar-refractivity contribution < 1.29 is 0 Å². The molecule has 9 aromatic carbocycles. The lowest BCUT2D eigenvalue weighted by Crippen LogP contribution is -2.04. The predicted molar refractivity (Wildman–Crippen MR) is 298 cm³/mol. The van der Waals surface area contributed by atoms with Gasteiger partial charge in [-0.1, -0.05) is 180 Å². The van der Waals surface area contributed by atoms with Gasteiger partial charge in [-0.15, -0.1) is 0 Å². The van der Waals surface area contributed by atoms with Crippen molar-refractivity contribution in [3.05, 3.63) is 241 Å². The van der Waals surface area contributed by atoms with Gasteiger partial charge in [0, 0.05) is 61.8 Å². The number of pyridine rings is 1. The van der Waals surface area contributed by atoms with Gasteiger partial charge in [-0.2, -0.15) is 0 Å². The zero-order valence-corrected chi connectivity index (χ0v) is 40.5. The van der Waals surface area contributed by atoms with E-state index in [-0.39, 0.29) is 0 Å². The van der Waals surface area contributed by atoms with Crippen molar-refractivity contribution >= 4 is 43.6 Å². The highest BCUT2D eigenvalue weighted by atomic mass is 15.0. The van der Waals surface area contributed by atoms with E-state index in [1.165, 1.54) is 66.1 Å². The van der Waals surface area contributed by atoms with Crippen LogP contribution in [0, 0.1) is 27.7 Å². The number of rotatable bonds is 8. The molecule has 0 saturated heterocycles. The van der Waals surface area contributed by atoms with E-state index in [2.05, 4.69) is 207 Å². The Bertz CT molecular complexity index is 4160. The molecule has 6 heteroatoms. The highest BCUT2D eigenvalue weighted by Gasteiger charge is 2.23. The molecule has 0 amide bonds. The first kappa shape index (κ1) is 42.8. The van der Waals surface area contributed by atoms with Crippen LogP contribution >= 0.6 is 0 Å². The standard InChI is InChI=1S/C66H48N6/c1-41-31-42(2)34-50(33-41)47-24-27-60-55(37-47)52-19-11-13-21-58(52)71(60)62-29-30-67-40-57(62)54-26-23-49(66-69-64(45-15-7-5-8-16-45)68-65(70-66)46-17-9-6-10-18-46)39-63(54)72-59-22-14-12-20-53(59)56-38-48(25-28-61(56)72)51-35-43(3)32-44(4)36-51/h5-40H,1-4H3. The van der Waals surface area contributed by atoms with Gasteiger partial charge >= 0.3 is 0 Å². The number of aromatic nitrogens is 6. The molecule has 0 spiro atoms. The minimum absolute atomic E-state index is 0.585. The van der Waals surface area contributed by atoms with E-state index in [4.69, 9.17) is 19.9 Å². The van der Waals surface area contributed by atoms with Crippen LogP contribution in [0.25, 0.3) is 123 Å². The van der Waals surface area contributed by atoms with Crippen LogP contribution in [0.4, 0.5) is 0 Å². The van der Waals surface area contributed by atoms with Crippen LogP contribution in [0.1, 0.15) is 22.3 Å². The highest BCUT2D eigenvalue weighted by molar-refractivity contribution is 6.13. The lowest BCUT2D eigenvalue weighted by molar-refractivity contribution is 1.07. The maximum Gasteiger partial charge on any atom is 0.164 e. The van der Waals surface area contributed by atoms with E-state index in [0.717, 1.165) is 61.3 Å². The third kappa shape index (κ3) is 7.44. The third-order valence-electron chi connectivity index (χ3n) is 14.0. The summed E-state index contributed by atoms with van der Waals surface area (Å²) in [5, 5.41) is 4.73.